The summed E-state index contributed by atoms with van der Waals surface area (Å²) in [4.78, 5) is 6.74. The molecule has 1 aromatic heterocycles. The van der Waals surface area contributed by atoms with Crippen LogP contribution in [0.3, 0.4) is 0 Å². The van der Waals surface area contributed by atoms with E-state index in [2.05, 4.69) is 16.9 Å². The standard InChI is InChI=1S/C5H7N2.K/c1-4-5(2)7-3-6-4;/h3H,1H2,2H3,(H,6,7);/q-1;+1. The van der Waals surface area contributed by atoms with Gasteiger partial charge in [-0.15, -0.1) is 5.69 Å². The van der Waals surface area contributed by atoms with E-state index in [-0.39, 0.29) is 51.4 Å². The molecule has 1 rings (SSSR count). The van der Waals surface area contributed by atoms with Crippen LogP contribution in [0.1, 0.15) is 11.4 Å². The molecule has 0 bridgehead atoms. The first kappa shape index (κ1) is 8.72. The summed E-state index contributed by atoms with van der Waals surface area (Å²) in [5.41, 5.74) is 1.88. The van der Waals surface area contributed by atoms with Crippen molar-refractivity contribution in [3.05, 3.63) is 24.6 Å². The molecule has 0 radical (unpaired) electrons. The van der Waals surface area contributed by atoms with Crippen molar-refractivity contribution in [2.75, 3.05) is 0 Å². The Balaban J connectivity index is 0.000000490. The number of hydrogen-bond donors (Lipinski definition) is 1. The van der Waals surface area contributed by atoms with Gasteiger partial charge < -0.3 is 9.97 Å². The minimum Gasteiger partial charge on any atom is -0.380 e. The molecule has 1 N–H and O–H groups in total. The summed E-state index contributed by atoms with van der Waals surface area (Å²) < 4.78 is 0. The number of nitrogens with zero attached hydrogens (tertiary/aromatic N) is 1. The minimum absolute atomic E-state index is 0. The zero-order chi connectivity index (χ0) is 5.28. The van der Waals surface area contributed by atoms with Crippen LogP contribution in [0, 0.1) is 13.8 Å². The smallest absolute Gasteiger partial charge is 0.380 e. The van der Waals surface area contributed by atoms with Gasteiger partial charge in [-0.05, 0) is 0 Å². The monoisotopic (exact) mass is 134 g/mol. The van der Waals surface area contributed by atoms with E-state index in [1.54, 1.807) is 6.33 Å². The number of aromatic nitrogens is 2. The first-order chi connectivity index (χ1) is 3.30. The molecule has 0 spiro atoms. The fraction of sp³-hybridized carbons (Fsp3) is 0.200. The Morgan fingerprint density at radius 1 is 1.75 bits per heavy atom. The zero-order valence-corrected chi connectivity index (χ0v) is 8.35. The summed E-state index contributed by atoms with van der Waals surface area (Å²) in [5, 5.41) is 0. The van der Waals surface area contributed by atoms with Gasteiger partial charge in [0.25, 0.3) is 0 Å². The van der Waals surface area contributed by atoms with Gasteiger partial charge in [-0.25, -0.2) is 6.92 Å². The Morgan fingerprint density at radius 2 is 2.38 bits per heavy atom. The first-order valence-electron chi connectivity index (χ1n) is 2.12. The second kappa shape index (κ2) is 3.69. The molecule has 38 valence electrons. The third kappa shape index (κ3) is 1.91. The van der Waals surface area contributed by atoms with E-state index < -0.39 is 0 Å². The van der Waals surface area contributed by atoms with Crippen LogP contribution in [0.5, 0.6) is 0 Å². The van der Waals surface area contributed by atoms with Gasteiger partial charge in [0, 0.05) is 0 Å². The number of imidazole rings is 1. The van der Waals surface area contributed by atoms with Crippen molar-refractivity contribution in [3.8, 4) is 0 Å². The average molecular weight is 134 g/mol. The van der Waals surface area contributed by atoms with Crippen molar-refractivity contribution < 1.29 is 51.4 Å². The van der Waals surface area contributed by atoms with Crippen LogP contribution in [-0.2, 0) is 0 Å². The molecule has 1 aromatic rings. The maximum atomic E-state index is 3.90. The SMILES string of the molecule is [CH2-]c1[nH]cnc1C.[K+]. The van der Waals surface area contributed by atoms with Crippen LogP contribution in [0.25, 0.3) is 0 Å². The molecule has 0 saturated heterocycles. The fourth-order valence-electron chi connectivity index (χ4n) is 0.389. The molecule has 0 amide bonds. The van der Waals surface area contributed by atoms with E-state index >= 15 is 0 Å². The van der Waals surface area contributed by atoms with Gasteiger partial charge in [-0.2, -0.15) is 0 Å². The topological polar surface area (TPSA) is 28.7 Å². The number of nitrogens with one attached hydrogen (secondary N) is 1. The van der Waals surface area contributed by atoms with Gasteiger partial charge in [0.2, 0.25) is 0 Å². The Morgan fingerprint density at radius 3 is 2.50 bits per heavy atom. The number of H-pyrrole nitrogens is 1. The largest absolute Gasteiger partial charge is 1.00 e. The molecule has 1 heterocycles. The first-order valence-corrected chi connectivity index (χ1v) is 2.12. The molecule has 0 atom stereocenters. The van der Waals surface area contributed by atoms with Crippen LogP contribution in [0.2, 0.25) is 0 Å². The predicted octanol–water partition coefficient (Wildman–Crippen LogP) is -2.10. The molecule has 0 aromatic carbocycles. The van der Waals surface area contributed by atoms with E-state index in [0.29, 0.717) is 0 Å². The number of rotatable bonds is 0. The molecule has 0 saturated carbocycles. The Bertz CT molecular complexity index is 143. The summed E-state index contributed by atoms with van der Waals surface area (Å²) >= 11 is 0. The van der Waals surface area contributed by atoms with Gasteiger partial charge in [0.05, 0.1) is 6.33 Å². The predicted molar refractivity (Wildman–Crippen MR) is 27.8 cm³/mol. The van der Waals surface area contributed by atoms with Gasteiger partial charge in [0.1, 0.15) is 0 Å². The second-order valence-corrected chi connectivity index (χ2v) is 1.47. The molecule has 0 unspecified atom stereocenters. The third-order valence-corrected chi connectivity index (χ3v) is 0.934. The van der Waals surface area contributed by atoms with E-state index in [9.17, 15) is 0 Å². The molecule has 2 nitrogen and oxygen atoms in total. The van der Waals surface area contributed by atoms with Gasteiger partial charge >= 0.3 is 51.4 Å². The fourth-order valence-corrected chi connectivity index (χ4v) is 0.389. The van der Waals surface area contributed by atoms with Crippen molar-refractivity contribution in [2.45, 2.75) is 6.92 Å². The quantitative estimate of drug-likeness (QED) is 0.320. The molecule has 8 heavy (non-hydrogen) atoms. The van der Waals surface area contributed by atoms with Crippen LogP contribution < -0.4 is 51.4 Å². The van der Waals surface area contributed by atoms with Crippen LogP contribution in [0.4, 0.5) is 0 Å². The normalized spacial score (nSPS) is 8.12. The summed E-state index contributed by atoms with van der Waals surface area (Å²) in [6.07, 6.45) is 1.64. The zero-order valence-electron chi connectivity index (χ0n) is 5.23. The molecule has 0 fully saturated rings. The van der Waals surface area contributed by atoms with E-state index in [4.69, 9.17) is 0 Å². The van der Waals surface area contributed by atoms with Crippen LogP contribution in [0.15, 0.2) is 6.33 Å². The second-order valence-electron chi connectivity index (χ2n) is 1.47. The third-order valence-electron chi connectivity index (χ3n) is 0.934. The van der Waals surface area contributed by atoms with Crippen molar-refractivity contribution in [3.63, 3.8) is 0 Å². The van der Waals surface area contributed by atoms with Crippen LogP contribution >= 0.6 is 0 Å². The van der Waals surface area contributed by atoms with Crippen molar-refractivity contribution in [1.29, 1.82) is 0 Å². The maximum absolute atomic E-state index is 3.90. The van der Waals surface area contributed by atoms with Crippen LogP contribution in [-0.4, -0.2) is 9.97 Å². The summed E-state index contributed by atoms with van der Waals surface area (Å²) in [5.74, 6) is 0. The Kier molecular flexibility index (Phi) is 4.02. The molecule has 0 aliphatic carbocycles. The summed E-state index contributed by atoms with van der Waals surface area (Å²) in [6.45, 7) is 5.58. The molecule has 0 aliphatic heterocycles. The van der Waals surface area contributed by atoms with Crippen molar-refractivity contribution >= 4 is 0 Å². The van der Waals surface area contributed by atoms with Crippen molar-refractivity contribution in [1.82, 2.24) is 9.97 Å². The van der Waals surface area contributed by atoms with Gasteiger partial charge in [0.15, 0.2) is 0 Å². The van der Waals surface area contributed by atoms with Gasteiger partial charge in [-0.3, -0.25) is 0 Å². The summed E-state index contributed by atoms with van der Waals surface area (Å²) in [6, 6.07) is 0. The molecular weight excluding hydrogens is 127 g/mol. The van der Waals surface area contributed by atoms with E-state index in [1.165, 1.54) is 0 Å². The Hall–Kier alpha value is 0.716. The van der Waals surface area contributed by atoms with Gasteiger partial charge in [-0.1, -0.05) is 12.6 Å². The maximum Gasteiger partial charge on any atom is 1.00 e. The Labute approximate surface area is 91.5 Å². The number of hydrogen-bond acceptors (Lipinski definition) is 1. The minimum atomic E-state index is 0. The van der Waals surface area contributed by atoms with E-state index in [0.717, 1.165) is 11.4 Å². The van der Waals surface area contributed by atoms with E-state index in [1.807, 2.05) is 6.92 Å². The molecule has 3 heteroatoms. The molecule has 0 aliphatic rings. The van der Waals surface area contributed by atoms with Crippen molar-refractivity contribution in [2.24, 2.45) is 0 Å². The summed E-state index contributed by atoms with van der Waals surface area (Å²) in [7, 11) is 0. The molecular formula is C5H7KN2. The number of aryl methyl sites for hydroxylation is 1. The average Bonchev–Trinajstić information content (AvgIpc) is 1.91. The number of aromatic amines is 1.